The molecule has 1 rings (SSSR count). The van der Waals surface area contributed by atoms with Crippen LogP contribution in [0.15, 0.2) is 18.3 Å². The van der Waals surface area contributed by atoms with Crippen molar-refractivity contribution in [3.05, 3.63) is 24.0 Å². The number of nitrogens with zero attached hydrogens (tertiary/aromatic N) is 2. The van der Waals surface area contributed by atoms with E-state index in [1.807, 2.05) is 0 Å². The minimum atomic E-state index is 0.00936. The third-order valence-electron chi connectivity index (χ3n) is 2.00. The molecule has 5 heteroatoms. The molecule has 0 aromatic carbocycles. The van der Waals surface area contributed by atoms with Crippen molar-refractivity contribution in [1.82, 2.24) is 4.98 Å². The molecule has 0 atom stereocenters. The van der Waals surface area contributed by atoms with Gasteiger partial charge in [-0.25, -0.2) is 0 Å². The van der Waals surface area contributed by atoms with Crippen molar-refractivity contribution in [1.29, 1.82) is 0 Å². The molecule has 0 amide bonds. The third kappa shape index (κ3) is 3.30. The Balaban J connectivity index is 2.76. The number of carbonyl (C=O) groups excluding carboxylic acids is 1. The number of hydrogen-bond acceptors (Lipinski definition) is 5. The molecule has 5 nitrogen and oxygen atoms in total. The predicted molar refractivity (Wildman–Crippen MR) is 56.0 cm³/mol. The van der Waals surface area contributed by atoms with Gasteiger partial charge in [0.1, 0.15) is 5.69 Å². The molecule has 0 bridgehead atoms. The highest BCUT2D eigenvalue weighted by Gasteiger charge is 2.05. The van der Waals surface area contributed by atoms with Crippen LogP contribution in [0.2, 0.25) is 0 Å². The molecule has 0 aliphatic carbocycles. The van der Waals surface area contributed by atoms with Gasteiger partial charge in [0.25, 0.3) is 0 Å². The molecule has 0 radical (unpaired) electrons. The zero-order valence-corrected chi connectivity index (χ0v) is 8.33. The summed E-state index contributed by atoms with van der Waals surface area (Å²) >= 11 is 0. The van der Waals surface area contributed by atoms with Gasteiger partial charge in [0.05, 0.1) is 25.1 Å². The van der Waals surface area contributed by atoms with Gasteiger partial charge in [0.2, 0.25) is 0 Å². The van der Waals surface area contributed by atoms with E-state index >= 15 is 0 Å². The Hall–Kier alpha value is -1.46. The lowest BCUT2D eigenvalue weighted by Gasteiger charge is -2.22. The van der Waals surface area contributed by atoms with Crippen molar-refractivity contribution in [2.75, 3.05) is 31.2 Å². The van der Waals surface area contributed by atoms with Gasteiger partial charge in [-0.1, -0.05) is 0 Å². The lowest BCUT2D eigenvalue weighted by atomic mass is 10.3. The van der Waals surface area contributed by atoms with Gasteiger partial charge in [0, 0.05) is 13.1 Å². The number of aldehydes is 1. The highest BCUT2D eigenvalue weighted by atomic mass is 16.3. The molecule has 0 saturated heterocycles. The Morgan fingerprint density at radius 1 is 1.27 bits per heavy atom. The molecule has 1 aromatic rings. The normalized spacial score (nSPS) is 10.0. The van der Waals surface area contributed by atoms with E-state index in [1.165, 1.54) is 0 Å². The maximum absolute atomic E-state index is 10.4. The van der Waals surface area contributed by atoms with Gasteiger partial charge in [-0.15, -0.1) is 0 Å². The van der Waals surface area contributed by atoms with Crippen LogP contribution in [0.1, 0.15) is 10.5 Å². The van der Waals surface area contributed by atoms with Gasteiger partial charge in [0.15, 0.2) is 6.29 Å². The zero-order chi connectivity index (χ0) is 11.1. The van der Waals surface area contributed by atoms with Gasteiger partial charge in [-0.3, -0.25) is 9.78 Å². The second-order valence-electron chi connectivity index (χ2n) is 2.99. The molecule has 15 heavy (non-hydrogen) atoms. The van der Waals surface area contributed by atoms with E-state index in [4.69, 9.17) is 10.2 Å². The lowest BCUT2D eigenvalue weighted by Crippen LogP contribution is -2.29. The van der Waals surface area contributed by atoms with Gasteiger partial charge < -0.3 is 15.1 Å². The summed E-state index contributed by atoms with van der Waals surface area (Å²) in [7, 11) is 0. The van der Waals surface area contributed by atoms with Crippen LogP contribution in [0, 0.1) is 0 Å². The summed E-state index contributed by atoms with van der Waals surface area (Å²) in [6, 6.07) is 3.34. The fourth-order valence-corrected chi connectivity index (χ4v) is 1.27. The quantitative estimate of drug-likeness (QED) is 0.630. The monoisotopic (exact) mass is 210 g/mol. The smallest absolute Gasteiger partial charge is 0.168 e. The fraction of sp³-hybridized carbons (Fsp3) is 0.400. The van der Waals surface area contributed by atoms with Crippen LogP contribution in [0.3, 0.4) is 0 Å². The van der Waals surface area contributed by atoms with E-state index in [-0.39, 0.29) is 13.2 Å². The topological polar surface area (TPSA) is 73.7 Å². The summed E-state index contributed by atoms with van der Waals surface area (Å²) in [4.78, 5) is 16.1. The van der Waals surface area contributed by atoms with Crippen LogP contribution in [0.4, 0.5) is 5.69 Å². The van der Waals surface area contributed by atoms with Crippen LogP contribution >= 0.6 is 0 Å². The first-order valence-electron chi connectivity index (χ1n) is 4.69. The lowest BCUT2D eigenvalue weighted by molar-refractivity contribution is 0.111. The predicted octanol–water partition coefficient (Wildman–Crippen LogP) is -0.315. The Bertz CT molecular complexity index is 294. The van der Waals surface area contributed by atoms with E-state index in [9.17, 15) is 4.79 Å². The first kappa shape index (κ1) is 11.6. The summed E-state index contributed by atoms with van der Waals surface area (Å²) in [6.45, 7) is 0.885. The van der Waals surface area contributed by atoms with Gasteiger partial charge >= 0.3 is 0 Å². The minimum Gasteiger partial charge on any atom is -0.395 e. The number of hydrogen-bond donors (Lipinski definition) is 2. The molecule has 0 fully saturated rings. The maximum Gasteiger partial charge on any atom is 0.168 e. The summed E-state index contributed by atoms with van der Waals surface area (Å²) < 4.78 is 0. The molecule has 1 aromatic heterocycles. The molecule has 82 valence electrons. The van der Waals surface area contributed by atoms with Crippen molar-refractivity contribution in [3.63, 3.8) is 0 Å². The standard InChI is InChI=1S/C10H14N2O3/c13-5-3-12(4-6-14)10-2-1-9(8-15)11-7-10/h1-2,7-8,13-14H,3-6H2. The maximum atomic E-state index is 10.4. The van der Waals surface area contributed by atoms with E-state index < -0.39 is 0 Å². The van der Waals surface area contributed by atoms with E-state index in [1.54, 1.807) is 23.2 Å². The first-order chi connectivity index (χ1) is 7.31. The number of rotatable bonds is 6. The first-order valence-corrected chi connectivity index (χ1v) is 4.69. The SMILES string of the molecule is O=Cc1ccc(N(CCO)CCO)cn1. The third-order valence-corrected chi connectivity index (χ3v) is 2.00. The van der Waals surface area contributed by atoms with Crippen LogP contribution in [0.25, 0.3) is 0 Å². The Kier molecular flexibility index (Phi) is 4.73. The van der Waals surface area contributed by atoms with Crippen molar-refractivity contribution in [2.24, 2.45) is 0 Å². The molecule has 0 spiro atoms. The molecule has 1 heterocycles. The average molecular weight is 210 g/mol. The van der Waals surface area contributed by atoms with Gasteiger partial charge in [-0.05, 0) is 12.1 Å². The number of aliphatic hydroxyl groups is 2. The fourth-order valence-electron chi connectivity index (χ4n) is 1.27. The van der Waals surface area contributed by atoms with Crippen molar-refractivity contribution in [3.8, 4) is 0 Å². The van der Waals surface area contributed by atoms with Crippen LogP contribution < -0.4 is 4.90 Å². The van der Waals surface area contributed by atoms with Crippen molar-refractivity contribution >= 4 is 12.0 Å². The average Bonchev–Trinajstić information content (AvgIpc) is 2.29. The molecule has 2 N–H and O–H groups in total. The van der Waals surface area contributed by atoms with Crippen LogP contribution in [-0.4, -0.2) is 47.8 Å². The van der Waals surface area contributed by atoms with E-state index in [0.717, 1.165) is 5.69 Å². The molecular formula is C10H14N2O3. The number of aromatic nitrogens is 1. The molecular weight excluding hydrogens is 196 g/mol. The molecule has 0 saturated carbocycles. The molecule has 0 unspecified atom stereocenters. The Morgan fingerprint density at radius 3 is 2.33 bits per heavy atom. The second-order valence-corrected chi connectivity index (χ2v) is 2.99. The largest absolute Gasteiger partial charge is 0.395 e. The number of carbonyl (C=O) groups is 1. The second kappa shape index (κ2) is 6.10. The number of pyridine rings is 1. The van der Waals surface area contributed by atoms with Crippen molar-refractivity contribution < 1.29 is 15.0 Å². The van der Waals surface area contributed by atoms with Crippen LogP contribution in [0.5, 0.6) is 0 Å². The van der Waals surface area contributed by atoms with Crippen LogP contribution in [-0.2, 0) is 0 Å². The van der Waals surface area contributed by atoms with E-state index in [2.05, 4.69) is 4.98 Å². The summed E-state index contributed by atoms with van der Waals surface area (Å²) in [6.07, 6.45) is 2.22. The zero-order valence-electron chi connectivity index (χ0n) is 8.33. The van der Waals surface area contributed by atoms with Gasteiger partial charge in [-0.2, -0.15) is 0 Å². The summed E-state index contributed by atoms with van der Waals surface area (Å²) in [5, 5.41) is 17.7. The molecule has 0 aliphatic rings. The summed E-state index contributed by atoms with van der Waals surface area (Å²) in [5.41, 5.74) is 1.15. The van der Waals surface area contributed by atoms with Crippen molar-refractivity contribution in [2.45, 2.75) is 0 Å². The van der Waals surface area contributed by atoms with E-state index in [0.29, 0.717) is 25.1 Å². The minimum absolute atomic E-state index is 0.00936. The Labute approximate surface area is 88.0 Å². The number of aliphatic hydroxyl groups excluding tert-OH is 2. The highest BCUT2D eigenvalue weighted by molar-refractivity contribution is 5.72. The summed E-state index contributed by atoms with van der Waals surface area (Å²) in [5.74, 6) is 0. The number of anilines is 1. The Morgan fingerprint density at radius 2 is 1.93 bits per heavy atom. The highest BCUT2D eigenvalue weighted by Crippen LogP contribution is 2.11. The molecule has 0 aliphatic heterocycles.